The Morgan fingerprint density at radius 3 is 2.64 bits per heavy atom. The molecule has 0 fully saturated rings. The maximum Gasteiger partial charge on any atom is 0.390 e. The van der Waals surface area contributed by atoms with E-state index in [9.17, 15) is 22.0 Å². The molecule has 0 unspecified atom stereocenters. The third-order valence-electron chi connectivity index (χ3n) is 3.17. The molecule has 132 valence electrons. The molecule has 1 aromatic carbocycles. The summed E-state index contributed by atoms with van der Waals surface area (Å²) in [4.78, 5) is 4.00. The second-order valence-corrected chi connectivity index (χ2v) is 5.06. The van der Waals surface area contributed by atoms with Crippen molar-refractivity contribution in [3.05, 3.63) is 48.3 Å². The van der Waals surface area contributed by atoms with Gasteiger partial charge < -0.3 is 10.1 Å². The summed E-state index contributed by atoms with van der Waals surface area (Å²) in [7, 11) is 0. The fourth-order valence-corrected chi connectivity index (χ4v) is 2.07. The van der Waals surface area contributed by atoms with Crippen LogP contribution in [-0.2, 0) is 0 Å². The van der Waals surface area contributed by atoms with E-state index >= 15 is 0 Å². The lowest BCUT2D eigenvalue weighted by molar-refractivity contribution is -0.131. The van der Waals surface area contributed by atoms with Gasteiger partial charge in [-0.2, -0.15) is 13.2 Å². The molecule has 0 atom stereocenters. The zero-order chi connectivity index (χ0) is 18.0. The molecular formula is C15H11F5N4O. The van der Waals surface area contributed by atoms with Crippen LogP contribution in [0.5, 0.6) is 11.6 Å². The average molecular weight is 358 g/mol. The minimum atomic E-state index is -4.29. The molecule has 3 aromatic rings. The van der Waals surface area contributed by atoms with E-state index in [2.05, 4.69) is 15.4 Å². The number of hydrogen-bond donors (Lipinski definition) is 1. The summed E-state index contributed by atoms with van der Waals surface area (Å²) in [6, 6.07) is 4.27. The molecule has 10 heteroatoms. The van der Waals surface area contributed by atoms with E-state index in [1.54, 1.807) is 0 Å². The Labute approximate surface area is 138 Å². The van der Waals surface area contributed by atoms with Crippen LogP contribution in [0.1, 0.15) is 6.42 Å². The van der Waals surface area contributed by atoms with Crippen molar-refractivity contribution in [3.63, 3.8) is 0 Å². The Hall–Kier alpha value is -2.91. The molecule has 2 heterocycles. The summed E-state index contributed by atoms with van der Waals surface area (Å²) in [5, 5.41) is 6.67. The van der Waals surface area contributed by atoms with E-state index in [4.69, 9.17) is 4.74 Å². The lowest BCUT2D eigenvalue weighted by atomic mass is 10.3. The van der Waals surface area contributed by atoms with Crippen molar-refractivity contribution in [2.75, 3.05) is 11.9 Å². The number of nitrogens with zero attached hydrogens (tertiary/aromatic N) is 3. The second-order valence-electron chi connectivity index (χ2n) is 5.06. The monoisotopic (exact) mass is 358 g/mol. The van der Waals surface area contributed by atoms with Crippen molar-refractivity contribution in [2.24, 2.45) is 0 Å². The minimum absolute atomic E-state index is 0.00731. The van der Waals surface area contributed by atoms with Crippen LogP contribution in [0.25, 0.3) is 5.65 Å². The largest absolute Gasteiger partial charge is 0.437 e. The third kappa shape index (κ3) is 4.14. The van der Waals surface area contributed by atoms with Gasteiger partial charge in [-0.15, -0.1) is 5.10 Å². The van der Waals surface area contributed by atoms with Gasteiger partial charge >= 0.3 is 6.18 Å². The molecular weight excluding hydrogens is 347 g/mol. The number of nitrogens with one attached hydrogen (secondary N) is 1. The van der Waals surface area contributed by atoms with Crippen molar-refractivity contribution in [1.82, 2.24) is 14.6 Å². The van der Waals surface area contributed by atoms with Crippen molar-refractivity contribution < 1.29 is 26.7 Å². The van der Waals surface area contributed by atoms with Crippen LogP contribution in [0.15, 0.2) is 36.7 Å². The molecule has 0 saturated carbocycles. The van der Waals surface area contributed by atoms with Crippen molar-refractivity contribution in [2.45, 2.75) is 12.6 Å². The van der Waals surface area contributed by atoms with Crippen LogP contribution < -0.4 is 10.1 Å². The van der Waals surface area contributed by atoms with Gasteiger partial charge in [-0.25, -0.2) is 18.3 Å². The van der Waals surface area contributed by atoms with Gasteiger partial charge in [0.05, 0.1) is 12.1 Å². The van der Waals surface area contributed by atoms with E-state index in [0.29, 0.717) is 5.65 Å². The van der Waals surface area contributed by atoms with Crippen molar-refractivity contribution in [3.8, 4) is 11.6 Å². The number of benzene rings is 1. The zero-order valence-electron chi connectivity index (χ0n) is 12.5. The second kappa shape index (κ2) is 6.54. The number of fused-ring (bicyclic) bond motifs is 1. The standard InChI is InChI=1S/C15H11F5N4O/c16-10-2-1-9(7-11(10)17)25-13-8-12(21-4-3-15(18,19)20)14-22-5-6-24(14)23-13/h1-2,5-8,21H,3-4H2. The third-order valence-corrected chi connectivity index (χ3v) is 3.17. The van der Waals surface area contributed by atoms with E-state index in [1.807, 2.05) is 0 Å². The van der Waals surface area contributed by atoms with Gasteiger partial charge in [0.25, 0.3) is 0 Å². The van der Waals surface area contributed by atoms with Gasteiger partial charge in [0.1, 0.15) is 5.75 Å². The van der Waals surface area contributed by atoms with Crippen LogP contribution in [0, 0.1) is 11.6 Å². The quantitative estimate of drug-likeness (QED) is 0.696. The predicted molar refractivity (Wildman–Crippen MR) is 78.6 cm³/mol. The number of anilines is 1. The van der Waals surface area contributed by atoms with Crippen LogP contribution >= 0.6 is 0 Å². The van der Waals surface area contributed by atoms with Gasteiger partial charge in [-0.05, 0) is 12.1 Å². The van der Waals surface area contributed by atoms with Crippen LogP contribution in [-0.4, -0.2) is 27.3 Å². The number of alkyl halides is 3. The molecule has 1 N–H and O–H groups in total. The fraction of sp³-hybridized carbons (Fsp3) is 0.200. The van der Waals surface area contributed by atoms with Crippen molar-refractivity contribution in [1.29, 1.82) is 0 Å². The molecule has 0 aliphatic carbocycles. The normalized spacial score (nSPS) is 11.7. The summed E-state index contributed by atoms with van der Waals surface area (Å²) >= 11 is 0. The molecule has 0 saturated heterocycles. The highest BCUT2D eigenvalue weighted by Gasteiger charge is 2.26. The lowest BCUT2D eigenvalue weighted by Crippen LogP contribution is -2.15. The SMILES string of the molecule is Fc1ccc(Oc2cc(NCCC(F)(F)F)c3nccn3n2)cc1F. The molecule has 25 heavy (non-hydrogen) atoms. The summed E-state index contributed by atoms with van der Waals surface area (Å²) in [6.07, 6.45) is -2.43. The highest BCUT2D eigenvalue weighted by Crippen LogP contribution is 2.26. The zero-order valence-corrected chi connectivity index (χ0v) is 12.5. The first-order chi connectivity index (χ1) is 11.8. The van der Waals surface area contributed by atoms with Gasteiger partial charge in [0.15, 0.2) is 17.3 Å². The first-order valence-corrected chi connectivity index (χ1v) is 7.10. The summed E-state index contributed by atoms with van der Waals surface area (Å²) in [5.41, 5.74) is 0.571. The smallest absolute Gasteiger partial charge is 0.390 e. The number of ether oxygens (including phenoxy) is 1. The van der Waals surface area contributed by atoms with Gasteiger partial charge in [0, 0.05) is 31.1 Å². The maximum atomic E-state index is 13.2. The molecule has 0 spiro atoms. The molecule has 0 bridgehead atoms. The predicted octanol–water partition coefficient (Wildman–Crippen LogP) is 4.16. The Kier molecular flexibility index (Phi) is 4.43. The molecule has 5 nitrogen and oxygen atoms in total. The Balaban J connectivity index is 1.84. The molecule has 0 amide bonds. The van der Waals surface area contributed by atoms with Gasteiger partial charge in [-0.3, -0.25) is 0 Å². The van der Waals surface area contributed by atoms with Crippen LogP contribution in [0.2, 0.25) is 0 Å². The molecule has 2 aromatic heterocycles. The maximum absolute atomic E-state index is 13.2. The Bertz CT molecular complexity index is 893. The molecule has 0 aliphatic rings. The summed E-state index contributed by atoms with van der Waals surface area (Å²) in [5.74, 6) is -2.15. The van der Waals surface area contributed by atoms with Crippen LogP contribution in [0.4, 0.5) is 27.6 Å². The molecule has 0 radical (unpaired) electrons. The average Bonchev–Trinajstić information content (AvgIpc) is 2.98. The number of imidazole rings is 1. The topological polar surface area (TPSA) is 51.5 Å². The van der Waals surface area contributed by atoms with Crippen LogP contribution in [0.3, 0.4) is 0 Å². The van der Waals surface area contributed by atoms with Crippen molar-refractivity contribution >= 4 is 11.3 Å². The number of rotatable bonds is 5. The highest BCUT2D eigenvalue weighted by atomic mass is 19.4. The van der Waals surface area contributed by atoms with Gasteiger partial charge in [-0.1, -0.05) is 0 Å². The Morgan fingerprint density at radius 2 is 1.92 bits per heavy atom. The minimum Gasteiger partial charge on any atom is -0.437 e. The number of hydrogen-bond acceptors (Lipinski definition) is 4. The van der Waals surface area contributed by atoms with E-state index < -0.39 is 24.2 Å². The molecule has 3 rings (SSSR count). The highest BCUT2D eigenvalue weighted by molar-refractivity contribution is 5.68. The lowest BCUT2D eigenvalue weighted by Gasteiger charge is -2.11. The first kappa shape index (κ1) is 16.9. The molecule has 0 aliphatic heterocycles. The van der Waals surface area contributed by atoms with E-state index in [1.165, 1.54) is 29.0 Å². The first-order valence-electron chi connectivity index (χ1n) is 7.10. The summed E-state index contributed by atoms with van der Waals surface area (Å²) in [6.45, 7) is -0.360. The Morgan fingerprint density at radius 1 is 1.12 bits per heavy atom. The fourth-order valence-electron chi connectivity index (χ4n) is 2.07. The van der Waals surface area contributed by atoms with E-state index in [-0.39, 0.29) is 23.9 Å². The summed E-state index contributed by atoms with van der Waals surface area (Å²) < 4.78 is 69.7. The van der Waals surface area contributed by atoms with E-state index in [0.717, 1.165) is 12.1 Å². The number of aromatic nitrogens is 3. The number of halogens is 5. The van der Waals surface area contributed by atoms with Gasteiger partial charge in [0.2, 0.25) is 5.88 Å².